The molecule has 100 valence electrons. The van der Waals surface area contributed by atoms with Gasteiger partial charge in [0.1, 0.15) is 0 Å². The van der Waals surface area contributed by atoms with Gasteiger partial charge in [0.2, 0.25) is 0 Å². The normalized spacial score (nSPS) is 27.8. The molecule has 0 heterocycles. The molecule has 1 fully saturated rings. The molecule has 3 atom stereocenters. The number of aliphatic hydroxyl groups is 1. The van der Waals surface area contributed by atoms with Gasteiger partial charge in [0.15, 0.2) is 0 Å². The SMILES string of the molecule is CCC1CCCCC1C(C)(O)c1ccccc1Cl. The smallest absolute Gasteiger partial charge is 0.0913 e. The molecule has 1 aliphatic carbocycles. The Morgan fingerprint density at radius 1 is 1.28 bits per heavy atom. The van der Waals surface area contributed by atoms with Crippen LogP contribution in [0.1, 0.15) is 51.5 Å². The number of hydrogen-bond acceptors (Lipinski definition) is 1. The maximum atomic E-state index is 11.0. The summed E-state index contributed by atoms with van der Waals surface area (Å²) in [6.45, 7) is 4.17. The first-order valence-electron chi connectivity index (χ1n) is 7.04. The van der Waals surface area contributed by atoms with E-state index in [9.17, 15) is 5.11 Å². The van der Waals surface area contributed by atoms with Gasteiger partial charge in [-0.15, -0.1) is 0 Å². The monoisotopic (exact) mass is 266 g/mol. The van der Waals surface area contributed by atoms with Gasteiger partial charge in [0.25, 0.3) is 0 Å². The van der Waals surface area contributed by atoms with Crippen LogP contribution in [-0.4, -0.2) is 5.11 Å². The fourth-order valence-corrected chi connectivity index (χ4v) is 3.83. The number of rotatable bonds is 3. The van der Waals surface area contributed by atoms with Crippen molar-refractivity contribution in [2.45, 2.75) is 51.6 Å². The highest BCUT2D eigenvalue weighted by molar-refractivity contribution is 6.31. The Kier molecular flexibility index (Phi) is 4.34. The molecule has 0 radical (unpaired) electrons. The van der Waals surface area contributed by atoms with E-state index in [1.807, 2.05) is 31.2 Å². The summed E-state index contributed by atoms with van der Waals surface area (Å²) in [5.74, 6) is 0.946. The Balaban J connectivity index is 2.31. The van der Waals surface area contributed by atoms with Crippen molar-refractivity contribution in [3.05, 3.63) is 34.9 Å². The predicted molar refractivity (Wildman–Crippen MR) is 76.8 cm³/mol. The van der Waals surface area contributed by atoms with Crippen LogP contribution in [0.25, 0.3) is 0 Å². The van der Waals surface area contributed by atoms with Gasteiger partial charge in [-0.2, -0.15) is 0 Å². The first-order chi connectivity index (χ1) is 8.57. The van der Waals surface area contributed by atoms with Crippen molar-refractivity contribution in [3.63, 3.8) is 0 Å². The molecule has 0 spiro atoms. The molecule has 2 heteroatoms. The minimum Gasteiger partial charge on any atom is -0.385 e. The Labute approximate surface area is 115 Å². The van der Waals surface area contributed by atoms with Crippen molar-refractivity contribution < 1.29 is 5.11 Å². The van der Waals surface area contributed by atoms with Crippen LogP contribution in [-0.2, 0) is 5.60 Å². The zero-order valence-electron chi connectivity index (χ0n) is 11.3. The maximum absolute atomic E-state index is 11.0. The molecular weight excluding hydrogens is 244 g/mol. The van der Waals surface area contributed by atoms with Gasteiger partial charge in [-0.3, -0.25) is 0 Å². The van der Waals surface area contributed by atoms with E-state index in [0.717, 1.165) is 18.4 Å². The van der Waals surface area contributed by atoms with E-state index in [4.69, 9.17) is 11.6 Å². The number of hydrogen-bond donors (Lipinski definition) is 1. The summed E-state index contributed by atoms with van der Waals surface area (Å²) in [7, 11) is 0. The van der Waals surface area contributed by atoms with Crippen molar-refractivity contribution in [2.24, 2.45) is 11.8 Å². The zero-order chi connectivity index (χ0) is 13.2. The summed E-state index contributed by atoms with van der Waals surface area (Å²) in [5, 5.41) is 11.7. The van der Waals surface area contributed by atoms with E-state index in [1.54, 1.807) is 0 Å². The molecule has 1 aromatic carbocycles. The lowest BCUT2D eigenvalue weighted by Gasteiger charge is -2.41. The largest absolute Gasteiger partial charge is 0.385 e. The van der Waals surface area contributed by atoms with Crippen molar-refractivity contribution in [2.75, 3.05) is 0 Å². The Bertz CT molecular complexity index is 400. The topological polar surface area (TPSA) is 20.2 Å². The fraction of sp³-hybridized carbons (Fsp3) is 0.625. The molecule has 0 amide bonds. The van der Waals surface area contributed by atoms with E-state index in [0.29, 0.717) is 16.9 Å². The quantitative estimate of drug-likeness (QED) is 0.836. The van der Waals surface area contributed by atoms with Crippen LogP contribution in [0.3, 0.4) is 0 Å². The van der Waals surface area contributed by atoms with Crippen molar-refractivity contribution in [3.8, 4) is 0 Å². The summed E-state index contributed by atoms with van der Waals surface area (Å²) in [5.41, 5.74) is 0.0800. The first-order valence-corrected chi connectivity index (χ1v) is 7.42. The van der Waals surface area contributed by atoms with Gasteiger partial charge in [-0.25, -0.2) is 0 Å². The molecule has 0 saturated heterocycles. The van der Waals surface area contributed by atoms with Crippen molar-refractivity contribution >= 4 is 11.6 Å². The summed E-state index contributed by atoms with van der Waals surface area (Å²) in [6, 6.07) is 7.71. The van der Waals surface area contributed by atoms with Crippen LogP contribution >= 0.6 is 11.6 Å². The Morgan fingerprint density at radius 2 is 1.94 bits per heavy atom. The van der Waals surface area contributed by atoms with Crippen molar-refractivity contribution in [1.29, 1.82) is 0 Å². The van der Waals surface area contributed by atoms with Crippen molar-refractivity contribution in [1.82, 2.24) is 0 Å². The minimum absolute atomic E-state index is 0.330. The minimum atomic E-state index is -0.806. The molecule has 0 aromatic heterocycles. The molecule has 1 nitrogen and oxygen atoms in total. The molecule has 1 N–H and O–H groups in total. The average Bonchev–Trinajstić information content (AvgIpc) is 2.39. The van der Waals surface area contributed by atoms with Crippen LogP contribution < -0.4 is 0 Å². The molecule has 3 unspecified atom stereocenters. The van der Waals surface area contributed by atoms with Crippen LogP contribution in [0.2, 0.25) is 5.02 Å². The van der Waals surface area contributed by atoms with E-state index in [-0.39, 0.29) is 0 Å². The Morgan fingerprint density at radius 3 is 2.61 bits per heavy atom. The zero-order valence-corrected chi connectivity index (χ0v) is 12.1. The van der Waals surface area contributed by atoms with E-state index in [2.05, 4.69) is 6.92 Å². The van der Waals surface area contributed by atoms with Crippen LogP contribution in [0, 0.1) is 11.8 Å². The highest BCUT2D eigenvalue weighted by atomic mass is 35.5. The number of benzene rings is 1. The van der Waals surface area contributed by atoms with Gasteiger partial charge in [-0.05, 0) is 31.2 Å². The second-order valence-corrected chi connectivity index (χ2v) is 6.09. The lowest BCUT2D eigenvalue weighted by molar-refractivity contribution is -0.0488. The summed E-state index contributed by atoms with van der Waals surface area (Å²) in [6.07, 6.45) is 6.01. The van der Waals surface area contributed by atoms with Gasteiger partial charge >= 0.3 is 0 Å². The standard InChI is InChI=1S/C16H23ClO/c1-3-12-8-4-5-9-13(12)16(2,18)14-10-6-7-11-15(14)17/h6-7,10-13,18H,3-5,8-9H2,1-2H3. The van der Waals surface area contributed by atoms with E-state index in [1.165, 1.54) is 19.3 Å². The van der Waals surface area contributed by atoms with Gasteiger partial charge in [0.05, 0.1) is 5.60 Å². The number of halogens is 1. The van der Waals surface area contributed by atoms with E-state index >= 15 is 0 Å². The highest BCUT2D eigenvalue weighted by Gasteiger charge is 2.40. The molecule has 2 rings (SSSR count). The molecule has 1 saturated carbocycles. The van der Waals surface area contributed by atoms with E-state index < -0.39 is 5.60 Å². The Hall–Kier alpha value is -0.530. The van der Waals surface area contributed by atoms with Crippen LogP contribution in [0.4, 0.5) is 0 Å². The molecule has 18 heavy (non-hydrogen) atoms. The molecular formula is C16H23ClO. The second-order valence-electron chi connectivity index (χ2n) is 5.69. The molecule has 1 aromatic rings. The average molecular weight is 267 g/mol. The summed E-state index contributed by atoms with van der Waals surface area (Å²) < 4.78 is 0. The van der Waals surface area contributed by atoms with Gasteiger partial charge in [0, 0.05) is 10.6 Å². The third kappa shape index (κ3) is 2.57. The second kappa shape index (κ2) is 5.63. The lowest BCUT2D eigenvalue weighted by Crippen LogP contribution is -2.38. The highest BCUT2D eigenvalue weighted by Crippen LogP contribution is 2.45. The van der Waals surface area contributed by atoms with Gasteiger partial charge in [-0.1, -0.05) is 62.4 Å². The van der Waals surface area contributed by atoms with Crippen LogP contribution in [0.15, 0.2) is 24.3 Å². The first kappa shape index (κ1) is 13.9. The molecule has 0 aliphatic heterocycles. The molecule has 1 aliphatic rings. The maximum Gasteiger partial charge on any atom is 0.0913 e. The predicted octanol–water partition coefficient (Wildman–Crippen LogP) is 4.76. The summed E-state index contributed by atoms with van der Waals surface area (Å²) in [4.78, 5) is 0. The fourth-order valence-electron chi connectivity index (χ4n) is 3.51. The molecule has 0 bridgehead atoms. The summed E-state index contributed by atoms with van der Waals surface area (Å²) >= 11 is 6.26. The van der Waals surface area contributed by atoms with Gasteiger partial charge < -0.3 is 5.11 Å². The lowest BCUT2D eigenvalue weighted by atomic mass is 9.67. The van der Waals surface area contributed by atoms with Crippen LogP contribution in [0.5, 0.6) is 0 Å². The third-order valence-corrected chi connectivity index (χ3v) is 4.90. The third-order valence-electron chi connectivity index (χ3n) is 4.57.